The van der Waals surface area contributed by atoms with Crippen molar-refractivity contribution in [3.05, 3.63) is 27.7 Å². The van der Waals surface area contributed by atoms with E-state index in [-0.39, 0.29) is 0 Å². The zero-order valence-corrected chi connectivity index (χ0v) is 10.9. The SMILES string of the molecule is Cc1cc(Br)cc(C=O)c1OCC1CCC1. The first-order valence-corrected chi connectivity index (χ1v) is 6.38. The summed E-state index contributed by atoms with van der Waals surface area (Å²) in [5.74, 6) is 1.42. The molecular formula is C13H15BrO2. The number of aryl methyl sites for hydroxylation is 1. The van der Waals surface area contributed by atoms with Gasteiger partial charge in [-0.05, 0) is 43.4 Å². The van der Waals surface area contributed by atoms with Gasteiger partial charge in [-0.2, -0.15) is 0 Å². The summed E-state index contributed by atoms with van der Waals surface area (Å²) in [6.07, 6.45) is 4.68. The molecule has 0 N–H and O–H groups in total. The van der Waals surface area contributed by atoms with Crippen molar-refractivity contribution in [2.45, 2.75) is 26.2 Å². The van der Waals surface area contributed by atoms with Crippen molar-refractivity contribution in [1.29, 1.82) is 0 Å². The molecule has 2 rings (SSSR count). The van der Waals surface area contributed by atoms with Crippen molar-refractivity contribution in [1.82, 2.24) is 0 Å². The highest BCUT2D eigenvalue weighted by molar-refractivity contribution is 9.10. The number of aldehydes is 1. The Labute approximate surface area is 104 Å². The van der Waals surface area contributed by atoms with Gasteiger partial charge >= 0.3 is 0 Å². The van der Waals surface area contributed by atoms with Gasteiger partial charge < -0.3 is 4.74 Å². The van der Waals surface area contributed by atoms with Crippen LogP contribution >= 0.6 is 15.9 Å². The summed E-state index contributed by atoms with van der Waals surface area (Å²) in [5.41, 5.74) is 1.64. The third kappa shape index (κ3) is 2.46. The molecule has 1 aromatic carbocycles. The molecule has 0 unspecified atom stereocenters. The van der Waals surface area contributed by atoms with Gasteiger partial charge in [0.2, 0.25) is 0 Å². The summed E-state index contributed by atoms with van der Waals surface area (Å²) < 4.78 is 6.69. The van der Waals surface area contributed by atoms with Crippen molar-refractivity contribution in [2.24, 2.45) is 5.92 Å². The average molecular weight is 283 g/mol. The smallest absolute Gasteiger partial charge is 0.153 e. The Hall–Kier alpha value is -0.830. The molecule has 0 atom stereocenters. The van der Waals surface area contributed by atoms with Crippen LogP contribution in [-0.2, 0) is 0 Å². The zero-order valence-electron chi connectivity index (χ0n) is 9.33. The largest absolute Gasteiger partial charge is 0.492 e. The molecule has 16 heavy (non-hydrogen) atoms. The first-order valence-electron chi connectivity index (χ1n) is 5.59. The molecule has 86 valence electrons. The highest BCUT2D eigenvalue weighted by Gasteiger charge is 2.19. The van der Waals surface area contributed by atoms with Crippen molar-refractivity contribution in [2.75, 3.05) is 6.61 Å². The van der Waals surface area contributed by atoms with Gasteiger partial charge in [0, 0.05) is 4.47 Å². The van der Waals surface area contributed by atoms with Crippen molar-refractivity contribution in [3.8, 4) is 5.75 Å². The molecule has 1 fully saturated rings. The maximum absolute atomic E-state index is 11.0. The molecule has 0 radical (unpaired) electrons. The van der Waals surface area contributed by atoms with Crippen LogP contribution < -0.4 is 4.74 Å². The van der Waals surface area contributed by atoms with Crippen LogP contribution in [0.5, 0.6) is 5.75 Å². The Morgan fingerprint density at radius 3 is 2.81 bits per heavy atom. The summed E-state index contributed by atoms with van der Waals surface area (Å²) in [7, 11) is 0. The molecule has 1 aromatic rings. The van der Waals surface area contributed by atoms with E-state index in [9.17, 15) is 4.79 Å². The molecule has 0 heterocycles. The summed E-state index contributed by atoms with van der Waals surface area (Å²) in [6.45, 7) is 2.71. The fourth-order valence-electron chi connectivity index (χ4n) is 1.90. The number of halogens is 1. The Morgan fingerprint density at radius 2 is 2.25 bits per heavy atom. The molecule has 1 saturated carbocycles. The normalized spacial score (nSPS) is 15.6. The van der Waals surface area contributed by atoms with Gasteiger partial charge in [-0.3, -0.25) is 4.79 Å². The first kappa shape index (κ1) is 11.6. The monoisotopic (exact) mass is 282 g/mol. The minimum Gasteiger partial charge on any atom is -0.492 e. The average Bonchev–Trinajstić information content (AvgIpc) is 2.17. The zero-order chi connectivity index (χ0) is 11.5. The molecule has 1 aliphatic carbocycles. The van der Waals surface area contributed by atoms with E-state index in [1.165, 1.54) is 19.3 Å². The van der Waals surface area contributed by atoms with Crippen LogP contribution in [0.3, 0.4) is 0 Å². The van der Waals surface area contributed by atoms with E-state index in [1.807, 2.05) is 13.0 Å². The van der Waals surface area contributed by atoms with Gasteiger partial charge in [0.1, 0.15) is 5.75 Å². The molecule has 3 heteroatoms. The Balaban J connectivity index is 2.13. The maximum Gasteiger partial charge on any atom is 0.153 e. The second-order valence-electron chi connectivity index (χ2n) is 4.37. The van der Waals surface area contributed by atoms with Crippen LogP contribution in [-0.4, -0.2) is 12.9 Å². The quantitative estimate of drug-likeness (QED) is 0.787. The van der Waals surface area contributed by atoms with Crippen LogP contribution in [0.25, 0.3) is 0 Å². The summed E-state index contributed by atoms with van der Waals surface area (Å²) in [5, 5.41) is 0. The highest BCUT2D eigenvalue weighted by Crippen LogP contribution is 2.30. The van der Waals surface area contributed by atoms with Crippen LogP contribution in [0.4, 0.5) is 0 Å². The van der Waals surface area contributed by atoms with Gasteiger partial charge in [0.25, 0.3) is 0 Å². The van der Waals surface area contributed by atoms with E-state index < -0.39 is 0 Å². The third-order valence-electron chi connectivity index (χ3n) is 3.08. The predicted octanol–water partition coefficient (Wildman–Crippen LogP) is 3.75. The second kappa shape index (κ2) is 5.00. The van der Waals surface area contributed by atoms with E-state index in [2.05, 4.69) is 15.9 Å². The summed E-state index contributed by atoms with van der Waals surface area (Å²) in [4.78, 5) is 11.0. The van der Waals surface area contributed by atoms with E-state index in [1.54, 1.807) is 6.07 Å². The lowest BCUT2D eigenvalue weighted by atomic mass is 9.86. The minimum absolute atomic E-state index is 0.631. The lowest BCUT2D eigenvalue weighted by Crippen LogP contribution is -2.20. The lowest BCUT2D eigenvalue weighted by molar-refractivity contribution is 0.111. The van der Waals surface area contributed by atoms with E-state index in [0.29, 0.717) is 11.5 Å². The fraction of sp³-hybridized carbons (Fsp3) is 0.462. The first-order chi connectivity index (χ1) is 7.70. The van der Waals surface area contributed by atoms with Gasteiger partial charge in [-0.25, -0.2) is 0 Å². The van der Waals surface area contributed by atoms with Gasteiger partial charge in [-0.15, -0.1) is 0 Å². The standard InChI is InChI=1S/C13H15BrO2/c1-9-5-12(14)6-11(7-15)13(9)16-8-10-3-2-4-10/h5-7,10H,2-4,8H2,1H3. The van der Waals surface area contributed by atoms with Gasteiger partial charge in [-0.1, -0.05) is 22.4 Å². The molecule has 0 saturated heterocycles. The molecule has 1 aliphatic rings. The van der Waals surface area contributed by atoms with E-state index in [0.717, 1.165) is 28.7 Å². The van der Waals surface area contributed by atoms with Crippen molar-refractivity contribution < 1.29 is 9.53 Å². The number of carbonyl (C=O) groups excluding carboxylic acids is 1. The Kier molecular flexibility index (Phi) is 3.64. The molecule has 0 bridgehead atoms. The van der Waals surface area contributed by atoms with Crippen molar-refractivity contribution in [3.63, 3.8) is 0 Å². The van der Waals surface area contributed by atoms with Crippen LogP contribution in [0.1, 0.15) is 35.2 Å². The van der Waals surface area contributed by atoms with E-state index >= 15 is 0 Å². The molecule has 0 amide bonds. The predicted molar refractivity (Wildman–Crippen MR) is 67.1 cm³/mol. The van der Waals surface area contributed by atoms with Gasteiger partial charge in [0.15, 0.2) is 6.29 Å². The fourth-order valence-corrected chi connectivity index (χ4v) is 2.49. The number of benzene rings is 1. The Morgan fingerprint density at radius 1 is 1.50 bits per heavy atom. The molecular weight excluding hydrogens is 268 g/mol. The van der Waals surface area contributed by atoms with Gasteiger partial charge in [0.05, 0.1) is 12.2 Å². The molecule has 0 aliphatic heterocycles. The minimum atomic E-state index is 0.631. The summed E-state index contributed by atoms with van der Waals surface area (Å²) in [6, 6.07) is 3.78. The van der Waals surface area contributed by atoms with Crippen molar-refractivity contribution >= 4 is 22.2 Å². The maximum atomic E-state index is 11.0. The highest BCUT2D eigenvalue weighted by atomic mass is 79.9. The number of rotatable bonds is 4. The second-order valence-corrected chi connectivity index (χ2v) is 5.28. The molecule has 0 aromatic heterocycles. The van der Waals surface area contributed by atoms with Crippen LogP contribution in [0.2, 0.25) is 0 Å². The number of hydrogen-bond acceptors (Lipinski definition) is 2. The number of carbonyl (C=O) groups is 1. The third-order valence-corrected chi connectivity index (χ3v) is 3.54. The molecule has 0 spiro atoms. The number of hydrogen-bond donors (Lipinski definition) is 0. The van der Waals surface area contributed by atoms with Crippen LogP contribution in [0.15, 0.2) is 16.6 Å². The summed E-state index contributed by atoms with van der Waals surface area (Å²) >= 11 is 3.38. The van der Waals surface area contributed by atoms with E-state index in [4.69, 9.17) is 4.74 Å². The molecule has 2 nitrogen and oxygen atoms in total. The lowest BCUT2D eigenvalue weighted by Gasteiger charge is -2.26. The number of ether oxygens (including phenoxy) is 1. The Bertz CT molecular complexity index is 397. The van der Waals surface area contributed by atoms with Crippen LogP contribution in [0, 0.1) is 12.8 Å². The topological polar surface area (TPSA) is 26.3 Å².